The molecule has 30 heavy (non-hydrogen) atoms. The maximum atomic E-state index is 12.2. The summed E-state index contributed by atoms with van der Waals surface area (Å²) in [7, 11) is 0. The number of fused-ring (bicyclic) bond motifs is 1. The Balaban J connectivity index is 1.45. The number of rotatable bonds is 5. The molecule has 1 saturated carbocycles. The molecule has 2 aromatic heterocycles. The molecule has 2 heterocycles. The Morgan fingerprint density at radius 3 is 2.67 bits per heavy atom. The minimum absolute atomic E-state index is 0.0131. The van der Waals surface area contributed by atoms with Crippen LogP contribution in [0.1, 0.15) is 12.8 Å². The highest BCUT2D eigenvalue weighted by molar-refractivity contribution is 6.33. The summed E-state index contributed by atoms with van der Waals surface area (Å²) in [5, 5.41) is 6.36. The van der Waals surface area contributed by atoms with Crippen LogP contribution < -0.4 is 16.2 Å². The number of aromatic amines is 2. The number of nitrogens with zero attached hydrogens (tertiary/aromatic N) is 2. The number of hydrogen-bond acceptors (Lipinski definition) is 5. The second-order valence-electron chi connectivity index (χ2n) is 7.16. The van der Waals surface area contributed by atoms with Crippen LogP contribution in [0.4, 0.5) is 17.6 Å². The molecule has 0 bridgehead atoms. The van der Waals surface area contributed by atoms with Crippen molar-refractivity contribution in [2.75, 3.05) is 10.6 Å². The zero-order valence-electron chi connectivity index (χ0n) is 15.7. The number of aromatic nitrogens is 4. The van der Waals surface area contributed by atoms with E-state index in [-0.39, 0.29) is 23.3 Å². The van der Waals surface area contributed by atoms with E-state index in [2.05, 4.69) is 30.6 Å². The molecule has 0 spiro atoms. The SMILES string of the molecule is O=C(Nc1nc2ccc(-c3cc(=O)[nH]c(Nc4ccccc4Cl)n3)cc2[nH]1)C1CC1. The summed E-state index contributed by atoms with van der Waals surface area (Å²) in [6, 6.07) is 14.1. The predicted octanol–water partition coefficient (Wildman–Crippen LogP) is 4.06. The summed E-state index contributed by atoms with van der Waals surface area (Å²) in [5.41, 5.74) is 3.02. The monoisotopic (exact) mass is 420 g/mol. The van der Waals surface area contributed by atoms with Crippen molar-refractivity contribution in [3.8, 4) is 11.3 Å². The van der Waals surface area contributed by atoms with Crippen molar-refractivity contribution < 1.29 is 4.79 Å². The van der Waals surface area contributed by atoms with Crippen LogP contribution in [0.3, 0.4) is 0 Å². The van der Waals surface area contributed by atoms with E-state index in [1.165, 1.54) is 6.07 Å². The van der Waals surface area contributed by atoms with Crippen LogP contribution in [-0.2, 0) is 4.79 Å². The zero-order chi connectivity index (χ0) is 20.7. The Morgan fingerprint density at radius 1 is 1.03 bits per heavy atom. The van der Waals surface area contributed by atoms with Gasteiger partial charge in [-0.05, 0) is 37.1 Å². The van der Waals surface area contributed by atoms with E-state index in [0.717, 1.165) is 23.9 Å². The smallest absolute Gasteiger partial charge is 0.252 e. The molecule has 0 saturated heterocycles. The summed E-state index contributed by atoms with van der Waals surface area (Å²) in [6.07, 6.45) is 1.85. The van der Waals surface area contributed by atoms with Gasteiger partial charge in [0.1, 0.15) is 0 Å². The molecule has 0 aliphatic heterocycles. The van der Waals surface area contributed by atoms with E-state index in [4.69, 9.17) is 11.6 Å². The highest BCUT2D eigenvalue weighted by Crippen LogP contribution is 2.30. The summed E-state index contributed by atoms with van der Waals surface area (Å²) in [5.74, 6) is 0.783. The normalized spacial score (nSPS) is 13.4. The molecule has 0 atom stereocenters. The number of imidazole rings is 1. The van der Waals surface area contributed by atoms with Crippen LogP contribution in [0, 0.1) is 5.92 Å². The topological polar surface area (TPSA) is 116 Å². The molecule has 4 aromatic rings. The first-order valence-electron chi connectivity index (χ1n) is 9.49. The van der Waals surface area contributed by atoms with E-state index >= 15 is 0 Å². The lowest BCUT2D eigenvalue weighted by atomic mass is 10.1. The van der Waals surface area contributed by atoms with Crippen molar-refractivity contribution in [2.24, 2.45) is 5.92 Å². The first kappa shape index (κ1) is 18.4. The molecule has 5 rings (SSSR count). The van der Waals surface area contributed by atoms with Crippen molar-refractivity contribution in [1.29, 1.82) is 0 Å². The van der Waals surface area contributed by atoms with Gasteiger partial charge in [-0.2, -0.15) is 0 Å². The Bertz CT molecular complexity index is 1320. The zero-order valence-corrected chi connectivity index (χ0v) is 16.5. The summed E-state index contributed by atoms with van der Waals surface area (Å²) in [6.45, 7) is 0. The Hall–Kier alpha value is -3.65. The van der Waals surface area contributed by atoms with Crippen LogP contribution in [-0.4, -0.2) is 25.8 Å². The lowest BCUT2D eigenvalue weighted by molar-refractivity contribution is -0.117. The molecule has 8 nitrogen and oxygen atoms in total. The van der Waals surface area contributed by atoms with Gasteiger partial charge in [0, 0.05) is 17.5 Å². The molecular weight excluding hydrogens is 404 g/mol. The molecule has 150 valence electrons. The molecule has 1 aliphatic carbocycles. The first-order valence-corrected chi connectivity index (χ1v) is 9.87. The van der Waals surface area contributed by atoms with Crippen molar-refractivity contribution in [1.82, 2.24) is 19.9 Å². The van der Waals surface area contributed by atoms with Gasteiger partial charge in [0.15, 0.2) is 0 Å². The Kier molecular flexibility index (Phi) is 4.48. The quantitative estimate of drug-likeness (QED) is 0.388. The molecular formula is C21H17ClN6O2. The largest absolute Gasteiger partial charge is 0.324 e. The molecule has 9 heteroatoms. The number of anilines is 3. The van der Waals surface area contributed by atoms with Crippen LogP contribution in [0.2, 0.25) is 5.02 Å². The van der Waals surface area contributed by atoms with Crippen LogP contribution in [0.5, 0.6) is 0 Å². The van der Waals surface area contributed by atoms with E-state index < -0.39 is 0 Å². The Morgan fingerprint density at radius 2 is 1.87 bits per heavy atom. The number of nitrogens with one attached hydrogen (secondary N) is 4. The molecule has 0 radical (unpaired) electrons. The minimum atomic E-state index is -0.295. The lowest BCUT2D eigenvalue weighted by Crippen LogP contribution is -2.14. The van der Waals surface area contributed by atoms with E-state index in [1.54, 1.807) is 12.1 Å². The van der Waals surface area contributed by atoms with Gasteiger partial charge < -0.3 is 10.3 Å². The third-order valence-corrected chi connectivity index (χ3v) is 5.17. The van der Waals surface area contributed by atoms with Gasteiger partial charge in [-0.3, -0.25) is 19.9 Å². The molecule has 2 aromatic carbocycles. The number of para-hydroxylation sites is 1. The maximum absolute atomic E-state index is 12.2. The Labute approximate surface area is 175 Å². The van der Waals surface area contributed by atoms with Crippen LogP contribution in [0.25, 0.3) is 22.3 Å². The number of benzene rings is 2. The summed E-state index contributed by atoms with van der Waals surface area (Å²) >= 11 is 6.17. The van der Waals surface area contributed by atoms with Gasteiger partial charge in [0.05, 0.1) is 27.4 Å². The molecule has 1 aliphatic rings. The van der Waals surface area contributed by atoms with E-state index in [1.807, 2.05) is 30.3 Å². The van der Waals surface area contributed by atoms with Crippen molar-refractivity contribution >= 4 is 46.1 Å². The fourth-order valence-electron chi connectivity index (χ4n) is 3.15. The van der Waals surface area contributed by atoms with Gasteiger partial charge in [0.25, 0.3) is 5.56 Å². The first-order chi connectivity index (χ1) is 14.5. The molecule has 1 amide bonds. The van der Waals surface area contributed by atoms with Gasteiger partial charge in [-0.15, -0.1) is 0 Å². The second kappa shape index (κ2) is 7.31. The fourth-order valence-corrected chi connectivity index (χ4v) is 3.33. The summed E-state index contributed by atoms with van der Waals surface area (Å²) in [4.78, 5) is 38.8. The highest BCUT2D eigenvalue weighted by Gasteiger charge is 2.30. The van der Waals surface area contributed by atoms with Crippen LogP contribution in [0.15, 0.2) is 53.3 Å². The predicted molar refractivity (Wildman–Crippen MR) is 116 cm³/mol. The van der Waals surface area contributed by atoms with E-state index in [9.17, 15) is 9.59 Å². The minimum Gasteiger partial charge on any atom is -0.324 e. The molecule has 1 fully saturated rings. The number of H-pyrrole nitrogens is 2. The number of halogens is 1. The van der Waals surface area contributed by atoms with Gasteiger partial charge >= 0.3 is 0 Å². The van der Waals surface area contributed by atoms with Gasteiger partial charge in [-0.1, -0.05) is 29.8 Å². The van der Waals surface area contributed by atoms with Gasteiger partial charge in [0.2, 0.25) is 17.8 Å². The lowest BCUT2D eigenvalue weighted by Gasteiger charge is -2.08. The molecule has 0 unspecified atom stereocenters. The average Bonchev–Trinajstić information content (AvgIpc) is 3.49. The average molecular weight is 421 g/mol. The van der Waals surface area contributed by atoms with Crippen molar-refractivity contribution in [3.63, 3.8) is 0 Å². The third kappa shape index (κ3) is 3.77. The third-order valence-electron chi connectivity index (χ3n) is 4.84. The van der Waals surface area contributed by atoms with Crippen molar-refractivity contribution in [3.05, 3.63) is 63.9 Å². The maximum Gasteiger partial charge on any atom is 0.252 e. The van der Waals surface area contributed by atoms with Crippen LogP contribution >= 0.6 is 11.6 Å². The highest BCUT2D eigenvalue weighted by atomic mass is 35.5. The number of amides is 1. The number of hydrogen-bond donors (Lipinski definition) is 4. The standard InChI is InChI=1S/C21H17ClN6O2/c22-13-3-1-2-4-14(13)23-20-25-16(10-18(29)27-20)12-7-8-15-17(9-12)26-21(24-15)28-19(30)11-5-6-11/h1-4,7-11H,5-6H2,(H2,23,25,27,29)(H2,24,26,28,30). The van der Waals surface area contributed by atoms with Crippen molar-refractivity contribution in [2.45, 2.75) is 12.8 Å². The number of carbonyl (C=O) groups is 1. The number of carbonyl (C=O) groups excluding carboxylic acids is 1. The van der Waals surface area contributed by atoms with Gasteiger partial charge in [-0.25, -0.2) is 9.97 Å². The molecule has 4 N–H and O–H groups in total. The fraction of sp³-hybridized carbons (Fsp3) is 0.143. The van der Waals surface area contributed by atoms with E-state index in [0.29, 0.717) is 27.9 Å². The second-order valence-corrected chi connectivity index (χ2v) is 7.57. The summed E-state index contributed by atoms with van der Waals surface area (Å²) < 4.78 is 0.